The van der Waals surface area contributed by atoms with Gasteiger partial charge in [0.25, 0.3) is 5.91 Å². The number of benzene rings is 1. The second kappa shape index (κ2) is 6.86. The lowest BCUT2D eigenvalue weighted by atomic mass is 9.88. The first-order valence-corrected chi connectivity index (χ1v) is 9.05. The van der Waals surface area contributed by atoms with Crippen molar-refractivity contribution in [3.8, 4) is 0 Å². The van der Waals surface area contributed by atoms with E-state index in [0.29, 0.717) is 5.56 Å². The summed E-state index contributed by atoms with van der Waals surface area (Å²) < 4.78 is 14.7. The molecule has 0 unspecified atom stereocenters. The third-order valence-corrected chi connectivity index (χ3v) is 5.42. The van der Waals surface area contributed by atoms with E-state index in [1.807, 2.05) is 23.4 Å². The van der Waals surface area contributed by atoms with Crippen LogP contribution in [-0.2, 0) is 0 Å². The Labute approximate surface area is 146 Å². The lowest BCUT2D eigenvalue weighted by molar-refractivity contribution is 0.0792. The zero-order chi connectivity index (χ0) is 17.2. The summed E-state index contributed by atoms with van der Waals surface area (Å²) in [4.78, 5) is 16.5. The molecule has 2 aliphatic rings. The topological polar surface area (TPSA) is 52.2 Å². The number of hydrogen-bond acceptors (Lipinski definition) is 3. The van der Waals surface area contributed by atoms with Gasteiger partial charge in [-0.2, -0.15) is 5.10 Å². The van der Waals surface area contributed by atoms with E-state index in [1.165, 1.54) is 6.07 Å². The first kappa shape index (κ1) is 16.1. The Balaban J connectivity index is 1.44. The van der Waals surface area contributed by atoms with E-state index in [0.717, 1.165) is 63.1 Å². The van der Waals surface area contributed by atoms with Gasteiger partial charge >= 0.3 is 0 Å². The molecule has 4 rings (SSSR count). The molecule has 132 valence electrons. The molecule has 2 saturated heterocycles. The van der Waals surface area contributed by atoms with Gasteiger partial charge in [-0.15, -0.1) is 0 Å². The lowest BCUT2D eigenvalue weighted by Gasteiger charge is -2.33. The molecule has 0 saturated carbocycles. The van der Waals surface area contributed by atoms with E-state index < -0.39 is 0 Å². The van der Waals surface area contributed by atoms with Crippen LogP contribution >= 0.6 is 0 Å². The first-order valence-electron chi connectivity index (χ1n) is 9.05. The minimum atomic E-state index is -0.244. The molecule has 6 heteroatoms. The van der Waals surface area contributed by atoms with Crippen LogP contribution in [0.3, 0.4) is 0 Å². The Bertz CT molecular complexity index is 732. The van der Waals surface area contributed by atoms with Gasteiger partial charge in [-0.1, -0.05) is 6.07 Å². The third-order valence-electron chi connectivity index (χ3n) is 5.42. The zero-order valence-corrected chi connectivity index (χ0v) is 14.2. The van der Waals surface area contributed by atoms with Crippen LogP contribution in [-0.4, -0.2) is 47.2 Å². The molecule has 0 bridgehead atoms. The molecule has 5 nitrogen and oxygen atoms in total. The number of halogens is 1. The highest BCUT2D eigenvalue weighted by Gasteiger charge is 2.25. The standard InChI is InChI=1S/C19H23FN4O/c20-18-11-15(19(25)24-7-1-2-8-24)3-4-17(18)14-5-9-23(10-6-14)16-12-21-22-13-16/h3-4,11-14H,1-2,5-10H2,(H,21,22). The average molecular weight is 342 g/mol. The SMILES string of the molecule is O=C(c1ccc(C2CCN(c3cn[nH]c3)CC2)c(F)c1)N1CCCC1. The van der Waals surface area contributed by atoms with Gasteiger partial charge in [-0.3, -0.25) is 9.89 Å². The Kier molecular flexibility index (Phi) is 4.42. The van der Waals surface area contributed by atoms with Crippen LogP contribution in [0.25, 0.3) is 0 Å². The van der Waals surface area contributed by atoms with Gasteiger partial charge in [0.15, 0.2) is 0 Å². The largest absolute Gasteiger partial charge is 0.369 e. The van der Waals surface area contributed by atoms with Gasteiger partial charge in [0.05, 0.1) is 11.9 Å². The highest BCUT2D eigenvalue weighted by molar-refractivity contribution is 5.94. The maximum Gasteiger partial charge on any atom is 0.253 e. The minimum absolute atomic E-state index is 0.0438. The van der Waals surface area contributed by atoms with Crippen molar-refractivity contribution in [3.05, 3.63) is 47.5 Å². The predicted molar refractivity (Wildman–Crippen MR) is 94.3 cm³/mol. The van der Waals surface area contributed by atoms with Crippen molar-refractivity contribution in [2.75, 3.05) is 31.1 Å². The highest BCUT2D eigenvalue weighted by atomic mass is 19.1. The average Bonchev–Trinajstić information content (AvgIpc) is 3.35. The molecule has 2 aromatic rings. The third kappa shape index (κ3) is 3.25. The van der Waals surface area contributed by atoms with E-state index in [4.69, 9.17) is 0 Å². The molecule has 1 aromatic heterocycles. The lowest BCUT2D eigenvalue weighted by Crippen LogP contribution is -2.33. The molecule has 0 spiro atoms. The van der Waals surface area contributed by atoms with E-state index in [-0.39, 0.29) is 17.6 Å². The molecule has 25 heavy (non-hydrogen) atoms. The number of nitrogens with one attached hydrogen (secondary N) is 1. The quantitative estimate of drug-likeness (QED) is 0.932. The van der Waals surface area contributed by atoms with Gasteiger partial charge < -0.3 is 9.80 Å². The van der Waals surface area contributed by atoms with Crippen LogP contribution in [0.5, 0.6) is 0 Å². The summed E-state index contributed by atoms with van der Waals surface area (Å²) in [6.45, 7) is 3.35. The van der Waals surface area contributed by atoms with Crippen molar-refractivity contribution in [2.24, 2.45) is 0 Å². The Hall–Kier alpha value is -2.37. The van der Waals surface area contributed by atoms with Crippen molar-refractivity contribution in [3.63, 3.8) is 0 Å². The van der Waals surface area contributed by atoms with Crippen molar-refractivity contribution < 1.29 is 9.18 Å². The fraction of sp³-hybridized carbons (Fsp3) is 0.474. The number of aromatic nitrogens is 2. The number of rotatable bonds is 3. The number of aromatic amines is 1. The fourth-order valence-corrected chi connectivity index (χ4v) is 3.96. The molecule has 1 amide bonds. The molecule has 2 fully saturated rings. The second-order valence-corrected chi connectivity index (χ2v) is 6.95. The summed E-state index contributed by atoms with van der Waals surface area (Å²) in [5, 5.41) is 6.82. The van der Waals surface area contributed by atoms with Gasteiger partial charge in [-0.05, 0) is 49.3 Å². The molecule has 1 N–H and O–H groups in total. The van der Waals surface area contributed by atoms with Crippen LogP contribution in [0.2, 0.25) is 0 Å². The van der Waals surface area contributed by atoms with Crippen LogP contribution < -0.4 is 4.90 Å². The van der Waals surface area contributed by atoms with Gasteiger partial charge in [0, 0.05) is 37.9 Å². The molecule has 3 heterocycles. The molecule has 0 atom stereocenters. The summed E-state index contributed by atoms with van der Waals surface area (Å²) in [5.41, 5.74) is 2.30. The maximum atomic E-state index is 14.7. The number of amides is 1. The van der Waals surface area contributed by atoms with Crippen LogP contribution in [0, 0.1) is 5.82 Å². The van der Waals surface area contributed by atoms with E-state index in [1.54, 1.807) is 6.07 Å². The number of carbonyl (C=O) groups excluding carboxylic acids is 1. The molecular formula is C19H23FN4O. The van der Waals surface area contributed by atoms with Crippen molar-refractivity contribution in [1.82, 2.24) is 15.1 Å². The van der Waals surface area contributed by atoms with Crippen LogP contribution in [0.15, 0.2) is 30.6 Å². The number of H-pyrrole nitrogens is 1. The van der Waals surface area contributed by atoms with E-state index >= 15 is 0 Å². The first-order chi connectivity index (χ1) is 12.2. The molecular weight excluding hydrogens is 319 g/mol. The van der Waals surface area contributed by atoms with Crippen molar-refractivity contribution in [2.45, 2.75) is 31.6 Å². The number of anilines is 1. The zero-order valence-electron chi connectivity index (χ0n) is 14.2. The summed E-state index contributed by atoms with van der Waals surface area (Å²) in [6, 6.07) is 5.04. The summed E-state index contributed by atoms with van der Waals surface area (Å²) in [5.74, 6) is -0.0800. The highest BCUT2D eigenvalue weighted by Crippen LogP contribution is 2.32. The Morgan fingerprint density at radius 2 is 1.92 bits per heavy atom. The summed E-state index contributed by atoms with van der Waals surface area (Å²) in [6.07, 6.45) is 7.60. The Morgan fingerprint density at radius 1 is 1.16 bits per heavy atom. The second-order valence-electron chi connectivity index (χ2n) is 6.95. The van der Waals surface area contributed by atoms with Crippen LogP contribution in [0.1, 0.15) is 47.5 Å². The molecule has 2 aliphatic heterocycles. The molecule has 1 aromatic carbocycles. The number of nitrogens with zero attached hydrogens (tertiary/aromatic N) is 3. The van der Waals surface area contributed by atoms with E-state index in [2.05, 4.69) is 15.1 Å². The number of carbonyl (C=O) groups is 1. The Morgan fingerprint density at radius 3 is 2.56 bits per heavy atom. The minimum Gasteiger partial charge on any atom is -0.369 e. The smallest absolute Gasteiger partial charge is 0.253 e. The summed E-state index contributed by atoms with van der Waals surface area (Å²) >= 11 is 0. The summed E-state index contributed by atoms with van der Waals surface area (Å²) in [7, 11) is 0. The predicted octanol–water partition coefficient (Wildman–Crippen LogP) is 3.17. The monoisotopic (exact) mass is 342 g/mol. The maximum absolute atomic E-state index is 14.7. The fourth-order valence-electron chi connectivity index (χ4n) is 3.96. The van der Waals surface area contributed by atoms with Gasteiger partial charge in [0.2, 0.25) is 0 Å². The number of hydrogen-bond donors (Lipinski definition) is 1. The van der Waals surface area contributed by atoms with Gasteiger partial charge in [-0.25, -0.2) is 4.39 Å². The van der Waals surface area contributed by atoms with Crippen LogP contribution in [0.4, 0.5) is 10.1 Å². The van der Waals surface area contributed by atoms with Crippen molar-refractivity contribution in [1.29, 1.82) is 0 Å². The number of piperidine rings is 1. The van der Waals surface area contributed by atoms with Crippen molar-refractivity contribution >= 4 is 11.6 Å². The molecule has 0 aliphatic carbocycles. The van der Waals surface area contributed by atoms with E-state index in [9.17, 15) is 9.18 Å². The number of likely N-dealkylation sites (tertiary alicyclic amines) is 1. The normalized spacial score (nSPS) is 18.8. The van der Waals surface area contributed by atoms with Gasteiger partial charge in [0.1, 0.15) is 5.82 Å². The molecule has 0 radical (unpaired) electrons.